The first-order valence-corrected chi connectivity index (χ1v) is 9.07. The molecule has 2 aromatic rings. The Hall–Kier alpha value is -2.53. The molecule has 1 aromatic carbocycles. The maximum absolute atomic E-state index is 12.4. The van der Waals surface area contributed by atoms with Crippen LogP contribution in [0.25, 0.3) is 0 Å². The Morgan fingerprint density at radius 2 is 1.73 bits per heavy atom. The van der Waals surface area contributed by atoms with Gasteiger partial charge in [0.25, 0.3) is 11.8 Å². The highest BCUT2D eigenvalue weighted by Crippen LogP contribution is 2.24. The largest absolute Gasteiger partial charge is 0.311 e. The number of pyridine rings is 1. The van der Waals surface area contributed by atoms with Gasteiger partial charge in [-0.2, -0.15) is 0 Å². The molecule has 1 aliphatic heterocycles. The van der Waals surface area contributed by atoms with Gasteiger partial charge in [0, 0.05) is 19.3 Å². The van der Waals surface area contributed by atoms with Gasteiger partial charge in [-0.15, -0.1) is 0 Å². The smallest absolute Gasteiger partial charge is 0.261 e. The number of fused-ring (bicyclic) bond motifs is 1. The van der Waals surface area contributed by atoms with Crippen LogP contribution in [0.1, 0.15) is 55.9 Å². The number of hydrogen-bond donors (Lipinski definition) is 1. The van der Waals surface area contributed by atoms with Crippen LogP contribution < -0.4 is 5.32 Å². The van der Waals surface area contributed by atoms with E-state index >= 15 is 0 Å². The summed E-state index contributed by atoms with van der Waals surface area (Å²) in [5, 5.41) is 3.38. The van der Waals surface area contributed by atoms with Crippen LogP contribution in [0.2, 0.25) is 0 Å². The number of carbonyl (C=O) groups excluding carboxylic acids is 2. The number of imide groups is 1. The Balaban J connectivity index is 1.43. The standard InChI is InChI=1S/C21H25N3O2/c1-14-6-7-17-18(11-14)21(26)24(20(17)25)9-5-4-8-22-13-19-16(3)10-15(2)12-23-19/h6-7,10-12,22H,4-5,8-9,13H2,1-3H3. The molecule has 0 saturated carbocycles. The summed E-state index contributed by atoms with van der Waals surface area (Å²) in [6, 6.07) is 7.56. The molecule has 3 rings (SSSR count). The zero-order valence-corrected chi connectivity index (χ0v) is 15.6. The van der Waals surface area contributed by atoms with Crippen LogP contribution >= 0.6 is 0 Å². The fourth-order valence-electron chi connectivity index (χ4n) is 3.26. The van der Waals surface area contributed by atoms with Gasteiger partial charge in [0.1, 0.15) is 0 Å². The number of nitrogens with one attached hydrogen (secondary N) is 1. The minimum Gasteiger partial charge on any atom is -0.311 e. The first-order chi connectivity index (χ1) is 12.5. The van der Waals surface area contributed by atoms with Gasteiger partial charge in [-0.25, -0.2) is 0 Å². The zero-order chi connectivity index (χ0) is 18.7. The molecule has 136 valence electrons. The topological polar surface area (TPSA) is 62.3 Å². The van der Waals surface area contributed by atoms with E-state index in [0.29, 0.717) is 17.7 Å². The van der Waals surface area contributed by atoms with Crippen LogP contribution in [-0.4, -0.2) is 34.8 Å². The maximum atomic E-state index is 12.4. The van der Waals surface area contributed by atoms with E-state index in [9.17, 15) is 9.59 Å². The zero-order valence-electron chi connectivity index (χ0n) is 15.6. The number of benzene rings is 1. The van der Waals surface area contributed by atoms with Crippen molar-refractivity contribution in [1.29, 1.82) is 0 Å². The molecule has 26 heavy (non-hydrogen) atoms. The molecule has 0 fully saturated rings. The number of aryl methyl sites for hydroxylation is 3. The van der Waals surface area contributed by atoms with Crippen LogP contribution in [0.4, 0.5) is 0 Å². The third-order valence-corrected chi connectivity index (χ3v) is 4.73. The number of unbranched alkanes of at least 4 members (excludes halogenated alkanes) is 1. The number of nitrogens with zero attached hydrogens (tertiary/aromatic N) is 2. The lowest BCUT2D eigenvalue weighted by molar-refractivity contribution is 0.0651. The lowest BCUT2D eigenvalue weighted by Gasteiger charge is -2.13. The van der Waals surface area contributed by atoms with Gasteiger partial charge in [0.2, 0.25) is 0 Å². The van der Waals surface area contributed by atoms with Crippen molar-refractivity contribution < 1.29 is 9.59 Å². The van der Waals surface area contributed by atoms with Gasteiger partial charge in [-0.1, -0.05) is 17.7 Å². The molecule has 1 aliphatic rings. The normalized spacial score (nSPS) is 13.4. The first-order valence-electron chi connectivity index (χ1n) is 9.07. The highest BCUT2D eigenvalue weighted by Gasteiger charge is 2.34. The van der Waals surface area contributed by atoms with Crippen molar-refractivity contribution in [1.82, 2.24) is 15.2 Å². The van der Waals surface area contributed by atoms with E-state index in [1.54, 1.807) is 12.1 Å². The summed E-state index contributed by atoms with van der Waals surface area (Å²) in [4.78, 5) is 30.6. The van der Waals surface area contributed by atoms with Crippen LogP contribution in [0.15, 0.2) is 30.5 Å². The molecule has 0 radical (unpaired) electrons. The lowest BCUT2D eigenvalue weighted by Crippen LogP contribution is -2.31. The van der Waals surface area contributed by atoms with E-state index in [0.717, 1.165) is 37.2 Å². The summed E-state index contributed by atoms with van der Waals surface area (Å²) < 4.78 is 0. The van der Waals surface area contributed by atoms with Gasteiger partial charge in [0.15, 0.2) is 0 Å². The van der Waals surface area contributed by atoms with Gasteiger partial charge < -0.3 is 5.32 Å². The summed E-state index contributed by atoms with van der Waals surface area (Å²) in [7, 11) is 0. The molecular formula is C21H25N3O2. The Labute approximate surface area is 154 Å². The van der Waals surface area contributed by atoms with Crippen molar-refractivity contribution in [2.45, 2.75) is 40.2 Å². The molecule has 0 bridgehead atoms. The average molecular weight is 351 g/mol. The molecule has 5 nitrogen and oxygen atoms in total. The van der Waals surface area contributed by atoms with Gasteiger partial charge in [-0.3, -0.25) is 19.5 Å². The predicted octanol–water partition coefficient (Wildman–Crippen LogP) is 3.17. The van der Waals surface area contributed by atoms with E-state index in [4.69, 9.17) is 0 Å². The van der Waals surface area contributed by atoms with E-state index in [1.807, 2.05) is 26.1 Å². The Kier molecular flexibility index (Phi) is 5.47. The molecule has 1 aromatic heterocycles. The Morgan fingerprint density at radius 1 is 0.962 bits per heavy atom. The molecule has 0 saturated heterocycles. The fourth-order valence-corrected chi connectivity index (χ4v) is 3.26. The van der Waals surface area contributed by atoms with E-state index in [1.165, 1.54) is 16.0 Å². The summed E-state index contributed by atoms with van der Waals surface area (Å²) in [5.74, 6) is -0.335. The summed E-state index contributed by atoms with van der Waals surface area (Å²) in [6.45, 7) is 8.07. The lowest BCUT2D eigenvalue weighted by atomic mass is 10.1. The SMILES string of the molecule is Cc1cnc(CNCCCCN2C(=O)c3ccc(C)cc3C2=O)c(C)c1. The summed E-state index contributed by atoms with van der Waals surface area (Å²) >= 11 is 0. The van der Waals surface area contributed by atoms with Crippen molar-refractivity contribution in [3.8, 4) is 0 Å². The number of aromatic nitrogens is 1. The molecule has 0 aliphatic carbocycles. The fraction of sp³-hybridized carbons (Fsp3) is 0.381. The highest BCUT2D eigenvalue weighted by atomic mass is 16.2. The first kappa shape index (κ1) is 18.3. The second kappa shape index (κ2) is 7.79. The van der Waals surface area contributed by atoms with Crippen LogP contribution in [0.3, 0.4) is 0 Å². The van der Waals surface area contributed by atoms with E-state index < -0.39 is 0 Å². The van der Waals surface area contributed by atoms with Gasteiger partial charge >= 0.3 is 0 Å². The number of amides is 2. The van der Waals surface area contributed by atoms with Crippen molar-refractivity contribution in [2.75, 3.05) is 13.1 Å². The third-order valence-electron chi connectivity index (χ3n) is 4.73. The van der Waals surface area contributed by atoms with E-state index in [-0.39, 0.29) is 11.8 Å². The summed E-state index contributed by atoms with van der Waals surface area (Å²) in [5.41, 5.74) is 5.48. The van der Waals surface area contributed by atoms with Crippen molar-refractivity contribution in [3.63, 3.8) is 0 Å². The minimum atomic E-state index is -0.169. The Morgan fingerprint density at radius 3 is 2.50 bits per heavy atom. The van der Waals surface area contributed by atoms with E-state index in [2.05, 4.69) is 23.3 Å². The van der Waals surface area contributed by atoms with Crippen molar-refractivity contribution in [2.24, 2.45) is 0 Å². The molecule has 1 N–H and O–H groups in total. The van der Waals surface area contributed by atoms with Crippen LogP contribution in [-0.2, 0) is 6.54 Å². The molecule has 2 heterocycles. The number of hydrogen-bond acceptors (Lipinski definition) is 4. The van der Waals surface area contributed by atoms with Crippen molar-refractivity contribution in [3.05, 3.63) is 64.0 Å². The summed E-state index contributed by atoms with van der Waals surface area (Å²) in [6.07, 6.45) is 3.57. The van der Waals surface area contributed by atoms with Crippen molar-refractivity contribution >= 4 is 11.8 Å². The molecular weight excluding hydrogens is 326 g/mol. The molecule has 0 spiro atoms. The van der Waals surface area contributed by atoms with Gasteiger partial charge in [-0.05, 0) is 63.4 Å². The highest BCUT2D eigenvalue weighted by molar-refractivity contribution is 6.21. The Bertz CT molecular complexity index is 845. The third kappa shape index (κ3) is 3.83. The number of carbonyl (C=O) groups is 2. The molecule has 2 amide bonds. The second-order valence-electron chi connectivity index (χ2n) is 6.97. The molecule has 0 atom stereocenters. The van der Waals surface area contributed by atoms with Crippen LogP contribution in [0, 0.1) is 20.8 Å². The van der Waals surface area contributed by atoms with Crippen LogP contribution in [0.5, 0.6) is 0 Å². The molecule has 0 unspecified atom stereocenters. The predicted molar refractivity (Wildman–Crippen MR) is 101 cm³/mol. The maximum Gasteiger partial charge on any atom is 0.261 e. The quantitative estimate of drug-likeness (QED) is 0.615. The minimum absolute atomic E-state index is 0.166. The monoisotopic (exact) mass is 351 g/mol. The number of rotatable bonds is 7. The second-order valence-corrected chi connectivity index (χ2v) is 6.97. The molecule has 5 heteroatoms. The average Bonchev–Trinajstić information content (AvgIpc) is 2.83. The van der Waals surface area contributed by atoms with Gasteiger partial charge in [0.05, 0.1) is 16.8 Å².